The van der Waals surface area contributed by atoms with E-state index in [1.54, 1.807) is 0 Å². The predicted octanol–water partition coefficient (Wildman–Crippen LogP) is 2.17. The number of hydrogen-bond acceptors (Lipinski definition) is 2. The van der Waals surface area contributed by atoms with E-state index in [0.29, 0.717) is 5.56 Å². The van der Waals surface area contributed by atoms with Crippen molar-refractivity contribution in [3.05, 3.63) is 34.6 Å². The molecule has 1 aromatic carbocycles. The van der Waals surface area contributed by atoms with Crippen LogP contribution in [0.4, 0.5) is 13.6 Å². The zero-order valence-corrected chi connectivity index (χ0v) is 10.9. The minimum atomic E-state index is -1.04. The molecule has 4 nitrogen and oxygen atoms in total. The predicted molar refractivity (Wildman–Crippen MR) is 68.4 cm³/mol. The summed E-state index contributed by atoms with van der Waals surface area (Å²) in [6.45, 7) is -0.372. The van der Waals surface area contributed by atoms with Crippen molar-refractivity contribution >= 4 is 17.6 Å². The Labute approximate surface area is 114 Å². The van der Waals surface area contributed by atoms with Crippen LogP contribution < -0.4 is 10.6 Å². The van der Waals surface area contributed by atoms with Crippen LogP contribution in [-0.4, -0.2) is 30.9 Å². The Bertz CT molecular complexity index is 432. The van der Waals surface area contributed by atoms with E-state index in [2.05, 4.69) is 10.6 Å². The highest BCUT2D eigenvalue weighted by Crippen LogP contribution is 2.19. The van der Waals surface area contributed by atoms with E-state index < -0.39 is 24.6 Å². The van der Waals surface area contributed by atoms with E-state index in [1.807, 2.05) is 0 Å². The van der Waals surface area contributed by atoms with Gasteiger partial charge in [-0.2, -0.15) is 0 Å². The van der Waals surface area contributed by atoms with Crippen molar-refractivity contribution in [1.82, 2.24) is 10.6 Å². The van der Waals surface area contributed by atoms with Gasteiger partial charge in [0.15, 0.2) is 0 Å². The van der Waals surface area contributed by atoms with Crippen LogP contribution in [0.15, 0.2) is 18.2 Å². The maximum atomic E-state index is 13.2. The highest BCUT2D eigenvalue weighted by molar-refractivity contribution is 6.30. The molecule has 2 amide bonds. The molecule has 0 radical (unpaired) electrons. The second kappa shape index (κ2) is 7.91. The Balaban J connectivity index is 2.40. The van der Waals surface area contributed by atoms with E-state index >= 15 is 0 Å². The number of nitrogens with one attached hydrogen (secondary N) is 2. The van der Waals surface area contributed by atoms with Crippen LogP contribution in [0.2, 0.25) is 5.02 Å². The number of amides is 2. The number of urea groups is 1. The lowest BCUT2D eigenvalue weighted by atomic mass is 10.1. The molecule has 0 bridgehead atoms. The standard InChI is InChI=1S/C12H15ClF2N2O2/c13-9-3-2-8(6-10(9)15)11(18)7-17-12(19)16-5-1-4-14/h2-3,6,11,18H,1,4-5,7H2,(H2,16,17,19). The SMILES string of the molecule is O=C(NCCCF)NCC(O)c1ccc(Cl)c(F)c1. The fourth-order valence-corrected chi connectivity index (χ4v) is 1.48. The first kappa shape index (κ1) is 15.7. The highest BCUT2D eigenvalue weighted by Gasteiger charge is 2.11. The third kappa shape index (κ3) is 5.40. The molecule has 1 unspecified atom stereocenters. The van der Waals surface area contributed by atoms with Crippen molar-refractivity contribution in [2.45, 2.75) is 12.5 Å². The van der Waals surface area contributed by atoms with Gasteiger partial charge in [0.05, 0.1) is 17.8 Å². The molecule has 0 aliphatic heterocycles. The Morgan fingerprint density at radius 3 is 2.79 bits per heavy atom. The molecule has 3 N–H and O–H groups in total. The topological polar surface area (TPSA) is 61.4 Å². The summed E-state index contributed by atoms with van der Waals surface area (Å²) in [5.41, 5.74) is 0.311. The monoisotopic (exact) mass is 292 g/mol. The molecule has 0 aliphatic rings. The zero-order valence-electron chi connectivity index (χ0n) is 10.1. The Hall–Kier alpha value is -1.40. The number of hydrogen-bond donors (Lipinski definition) is 3. The second-order valence-corrected chi connectivity index (χ2v) is 4.28. The van der Waals surface area contributed by atoms with Gasteiger partial charge in [0.1, 0.15) is 5.82 Å². The van der Waals surface area contributed by atoms with E-state index in [9.17, 15) is 18.7 Å². The maximum Gasteiger partial charge on any atom is 0.314 e. The molecule has 0 saturated carbocycles. The summed E-state index contributed by atoms with van der Waals surface area (Å²) in [6, 6.07) is 3.40. The molecule has 0 heterocycles. The number of alkyl halides is 1. The first-order chi connectivity index (χ1) is 9.04. The first-order valence-corrected chi connectivity index (χ1v) is 6.13. The van der Waals surface area contributed by atoms with Gasteiger partial charge in [0.2, 0.25) is 0 Å². The lowest BCUT2D eigenvalue weighted by Crippen LogP contribution is -2.38. The maximum absolute atomic E-state index is 13.2. The van der Waals surface area contributed by atoms with E-state index in [1.165, 1.54) is 12.1 Å². The summed E-state index contributed by atoms with van der Waals surface area (Å²) < 4.78 is 25.0. The molecule has 7 heteroatoms. The number of rotatable bonds is 6. The molecule has 0 aliphatic carbocycles. The molecule has 0 spiro atoms. The van der Waals surface area contributed by atoms with Gasteiger partial charge < -0.3 is 15.7 Å². The van der Waals surface area contributed by atoms with Gasteiger partial charge in [-0.25, -0.2) is 9.18 Å². The Morgan fingerprint density at radius 1 is 1.42 bits per heavy atom. The zero-order chi connectivity index (χ0) is 14.3. The van der Waals surface area contributed by atoms with Crippen molar-refractivity contribution in [2.75, 3.05) is 19.8 Å². The average Bonchev–Trinajstić information content (AvgIpc) is 2.39. The number of aliphatic hydroxyl groups is 1. The summed E-state index contributed by atoms with van der Waals surface area (Å²) >= 11 is 5.52. The number of carbonyl (C=O) groups excluding carboxylic acids is 1. The molecule has 0 aromatic heterocycles. The molecular formula is C12H15ClF2N2O2. The van der Waals surface area contributed by atoms with Gasteiger partial charge in [0, 0.05) is 13.1 Å². The summed E-state index contributed by atoms with van der Waals surface area (Å²) in [5.74, 6) is -0.634. The van der Waals surface area contributed by atoms with Crippen LogP contribution >= 0.6 is 11.6 Å². The molecule has 0 fully saturated rings. The summed E-state index contributed by atoms with van der Waals surface area (Å²) in [4.78, 5) is 11.2. The fourth-order valence-electron chi connectivity index (χ4n) is 1.36. The third-order valence-corrected chi connectivity index (χ3v) is 2.69. The van der Waals surface area contributed by atoms with E-state index in [4.69, 9.17) is 11.6 Å². The number of carbonyl (C=O) groups is 1. The van der Waals surface area contributed by atoms with E-state index in [0.717, 1.165) is 6.07 Å². The number of halogens is 3. The smallest absolute Gasteiger partial charge is 0.314 e. The molecule has 106 valence electrons. The van der Waals surface area contributed by atoms with Crippen LogP contribution in [0, 0.1) is 5.82 Å². The van der Waals surface area contributed by atoms with Gasteiger partial charge in [0.25, 0.3) is 0 Å². The number of benzene rings is 1. The minimum absolute atomic E-state index is 0.0344. The van der Waals surface area contributed by atoms with Crippen LogP contribution in [0.25, 0.3) is 0 Å². The quantitative estimate of drug-likeness (QED) is 0.704. The van der Waals surface area contributed by atoms with Crippen molar-refractivity contribution < 1.29 is 18.7 Å². The minimum Gasteiger partial charge on any atom is -0.387 e. The largest absolute Gasteiger partial charge is 0.387 e. The lowest BCUT2D eigenvalue weighted by Gasteiger charge is -2.13. The third-order valence-electron chi connectivity index (χ3n) is 2.38. The van der Waals surface area contributed by atoms with Gasteiger partial charge in [-0.15, -0.1) is 0 Å². The van der Waals surface area contributed by atoms with Crippen LogP contribution in [0.1, 0.15) is 18.1 Å². The molecule has 1 rings (SSSR count). The molecular weight excluding hydrogens is 278 g/mol. The van der Waals surface area contributed by atoms with Crippen LogP contribution in [-0.2, 0) is 0 Å². The van der Waals surface area contributed by atoms with E-state index in [-0.39, 0.29) is 24.5 Å². The van der Waals surface area contributed by atoms with Crippen LogP contribution in [0.3, 0.4) is 0 Å². The second-order valence-electron chi connectivity index (χ2n) is 3.87. The molecule has 0 saturated heterocycles. The summed E-state index contributed by atoms with van der Waals surface area (Å²) in [7, 11) is 0. The molecule has 1 atom stereocenters. The molecule has 1 aromatic rings. The van der Waals surface area contributed by atoms with Gasteiger partial charge in [-0.05, 0) is 24.1 Å². The fraction of sp³-hybridized carbons (Fsp3) is 0.417. The van der Waals surface area contributed by atoms with Crippen LogP contribution in [0.5, 0.6) is 0 Å². The van der Waals surface area contributed by atoms with Gasteiger partial charge in [-0.3, -0.25) is 4.39 Å². The molecule has 19 heavy (non-hydrogen) atoms. The van der Waals surface area contributed by atoms with Crippen molar-refractivity contribution in [3.8, 4) is 0 Å². The highest BCUT2D eigenvalue weighted by atomic mass is 35.5. The average molecular weight is 293 g/mol. The first-order valence-electron chi connectivity index (χ1n) is 5.75. The van der Waals surface area contributed by atoms with Gasteiger partial charge in [-0.1, -0.05) is 17.7 Å². The van der Waals surface area contributed by atoms with Crippen molar-refractivity contribution in [2.24, 2.45) is 0 Å². The van der Waals surface area contributed by atoms with Gasteiger partial charge >= 0.3 is 6.03 Å². The lowest BCUT2D eigenvalue weighted by molar-refractivity contribution is 0.172. The number of aliphatic hydroxyl groups excluding tert-OH is 1. The Kier molecular flexibility index (Phi) is 6.52. The normalized spacial score (nSPS) is 12.0. The van der Waals surface area contributed by atoms with Crippen molar-refractivity contribution in [3.63, 3.8) is 0 Å². The summed E-state index contributed by atoms with van der Waals surface area (Å²) in [5, 5.41) is 14.5. The van der Waals surface area contributed by atoms with Crippen molar-refractivity contribution in [1.29, 1.82) is 0 Å². The summed E-state index contributed by atoms with van der Waals surface area (Å²) in [6.07, 6.45) is -0.808. The Morgan fingerprint density at radius 2 is 2.16 bits per heavy atom.